The third kappa shape index (κ3) is 3.40. The fraction of sp³-hybridized carbons (Fsp3) is 0.381. The number of aliphatic hydroxyl groups is 1. The molecular formula is C21H26N2O3. The van der Waals surface area contributed by atoms with E-state index in [0.717, 1.165) is 29.0 Å². The van der Waals surface area contributed by atoms with E-state index in [2.05, 4.69) is 32.0 Å². The van der Waals surface area contributed by atoms with Crippen LogP contribution in [0.2, 0.25) is 0 Å². The average molecular weight is 354 g/mol. The molecule has 0 spiro atoms. The Bertz CT molecular complexity index is 817. The number of nitrogens with zero attached hydrogens (tertiary/aromatic N) is 2. The fourth-order valence-corrected chi connectivity index (χ4v) is 3.40. The second kappa shape index (κ2) is 7.79. The van der Waals surface area contributed by atoms with Crippen LogP contribution < -0.4 is 9.47 Å². The van der Waals surface area contributed by atoms with Crippen LogP contribution in [0.4, 0.5) is 0 Å². The predicted molar refractivity (Wildman–Crippen MR) is 103 cm³/mol. The summed E-state index contributed by atoms with van der Waals surface area (Å²) < 4.78 is 11.1. The molecule has 0 aliphatic carbocycles. The van der Waals surface area contributed by atoms with E-state index in [-0.39, 0.29) is 12.6 Å². The number of methoxy groups -OCH3 is 2. The zero-order chi connectivity index (χ0) is 18.7. The average Bonchev–Trinajstić information content (AvgIpc) is 3.07. The zero-order valence-corrected chi connectivity index (χ0v) is 15.8. The van der Waals surface area contributed by atoms with E-state index >= 15 is 0 Å². The molecule has 1 aliphatic heterocycles. The lowest BCUT2D eigenvalue weighted by Crippen LogP contribution is -2.23. The molecule has 0 saturated carbocycles. The fourth-order valence-electron chi connectivity index (χ4n) is 3.40. The van der Waals surface area contributed by atoms with Crippen molar-refractivity contribution in [3.05, 3.63) is 58.7 Å². The van der Waals surface area contributed by atoms with E-state index in [0.29, 0.717) is 12.3 Å². The van der Waals surface area contributed by atoms with Crippen LogP contribution in [0, 0.1) is 13.8 Å². The van der Waals surface area contributed by atoms with Gasteiger partial charge in [-0.25, -0.2) is 0 Å². The smallest absolute Gasteiger partial charge is 0.166 e. The summed E-state index contributed by atoms with van der Waals surface area (Å²) in [7, 11) is 3.29. The highest BCUT2D eigenvalue weighted by Gasteiger charge is 2.31. The van der Waals surface area contributed by atoms with Gasteiger partial charge in [-0.15, -0.1) is 0 Å². The van der Waals surface area contributed by atoms with E-state index in [1.54, 1.807) is 14.2 Å². The SMILES string of the molecule is COc1cccc(C2CC(c3ccc(C)c(C)c3)=NN2CCO)c1OC. The van der Waals surface area contributed by atoms with Crippen molar-refractivity contribution in [3.63, 3.8) is 0 Å². The first-order valence-electron chi connectivity index (χ1n) is 8.82. The number of aryl methyl sites for hydroxylation is 2. The molecule has 26 heavy (non-hydrogen) atoms. The van der Waals surface area contributed by atoms with Crippen molar-refractivity contribution in [2.45, 2.75) is 26.3 Å². The van der Waals surface area contributed by atoms with Crippen molar-refractivity contribution < 1.29 is 14.6 Å². The van der Waals surface area contributed by atoms with Gasteiger partial charge in [0, 0.05) is 12.0 Å². The van der Waals surface area contributed by atoms with Gasteiger partial charge in [0.2, 0.25) is 0 Å². The largest absolute Gasteiger partial charge is 0.493 e. The van der Waals surface area contributed by atoms with Crippen LogP contribution in [0.25, 0.3) is 0 Å². The minimum Gasteiger partial charge on any atom is -0.493 e. The van der Waals surface area contributed by atoms with Crippen LogP contribution in [0.5, 0.6) is 11.5 Å². The van der Waals surface area contributed by atoms with Crippen molar-refractivity contribution in [2.24, 2.45) is 5.10 Å². The highest BCUT2D eigenvalue weighted by molar-refractivity contribution is 6.02. The zero-order valence-electron chi connectivity index (χ0n) is 15.8. The Labute approximate surface area is 154 Å². The molecule has 1 atom stereocenters. The Morgan fingerprint density at radius 3 is 2.58 bits per heavy atom. The van der Waals surface area contributed by atoms with Gasteiger partial charge >= 0.3 is 0 Å². The van der Waals surface area contributed by atoms with Crippen molar-refractivity contribution in [2.75, 3.05) is 27.4 Å². The van der Waals surface area contributed by atoms with Gasteiger partial charge in [0.25, 0.3) is 0 Å². The molecule has 0 bridgehead atoms. The molecule has 5 heteroatoms. The molecule has 1 unspecified atom stereocenters. The molecule has 5 nitrogen and oxygen atoms in total. The lowest BCUT2D eigenvalue weighted by Gasteiger charge is -2.25. The van der Waals surface area contributed by atoms with Gasteiger partial charge in [-0.1, -0.05) is 24.3 Å². The van der Waals surface area contributed by atoms with Crippen molar-refractivity contribution in [3.8, 4) is 11.5 Å². The third-order valence-corrected chi connectivity index (χ3v) is 4.96. The summed E-state index contributed by atoms with van der Waals surface area (Å²) in [6, 6.07) is 12.3. The summed E-state index contributed by atoms with van der Waals surface area (Å²) in [4.78, 5) is 0. The Kier molecular flexibility index (Phi) is 5.47. The maximum atomic E-state index is 9.49. The molecule has 1 aliphatic rings. The van der Waals surface area contributed by atoms with Crippen LogP contribution in [0.1, 0.15) is 34.7 Å². The molecule has 0 amide bonds. The molecule has 1 heterocycles. The third-order valence-electron chi connectivity index (χ3n) is 4.96. The number of ether oxygens (including phenoxy) is 2. The summed E-state index contributed by atoms with van der Waals surface area (Å²) in [6.45, 7) is 4.74. The molecule has 0 radical (unpaired) electrons. The lowest BCUT2D eigenvalue weighted by molar-refractivity contribution is 0.169. The Morgan fingerprint density at radius 1 is 1.12 bits per heavy atom. The van der Waals surface area contributed by atoms with E-state index in [4.69, 9.17) is 14.6 Å². The van der Waals surface area contributed by atoms with Gasteiger partial charge in [-0.2, -0.15) is 5.10 Å². The first-order chi connectivity index (χ1) is 12.6. The molecule has 3 rings (SSSR count). The summed E-state index contributed by atoms with van der Waals surface area (Å²) >= 11 is 0. The maximum absolute atomic E-state index is 9.49. The van der Waals surface area contributed by atoms with Gasteiger partial charge in [0.15, 0.2) is 11.5 Å². The summed E-state index contributed by atoms with van der Waals surface area (Å²) in [6.07, 6.45) is 0.756. The number of hydrogen-bond acceptors (Lipinski definition) is 5. The first-order valence-corrected chi connectivity index (χ1v) is 8.82. The minimum atomic E-state index is 0.00353. The van der Waals surface area contributed by atoms with Gasteiger partial charge < -0.3 is 14.6 Å². The Balaban J connectivity index is 1.98. The van der Waals surface area contributed by atoms with Crippen molar-refractivity contribution >= 4 is 5.71 Å². The Hall–Kier alpha value is -2.53. The highest BCUT2D eigenvalue weighted by Crippen LogP contribution is 2.41. The number of rotatable bonds is 6. The summed E-state index contributed by atoms with van der Waals surface area (Å²) in [5.74, 6) is 1.42. The predicted octanol–water partition coefficient (Wildman–Crippen LogP) is 3.46. The van der Waals surface area contributed by atoms with Crippen LogP contribution in [-0.4, -0.2) is 43.2 Å². The second-order valence-electron chi connectivity index (χ2n) is 6.54. The second-order valence-corrected chi connectivity index (χ2v) is 6.54. The minimum absolute atomic E-state index is 0.00353. The summed E-state index contributed by atoms with van der Waals surface area (Å²) in [5, 5.41) is 16.2. The van der Waals surface area contributed by atoms with Gasteiger partial charge in [0.05, 0.1) is 39.1 Å². The Morgan fingerprint density at radius 2 is 1.92 bits per heavy atom. The maximum Gasteiger partial charge on any atom is 0.166 e. The van der Waals surface area contributed by atoms with Crippen LogP contribution in [-0.2, 0) is 0 Å². The molecule has 2 aromatic rings. The van der Waals surface area contributed by atoms with E-state index in [1.165, 1.54) is 11.1 Å². The number of para-hydroxylation sites is 1. The molecule has 0 aromatic heterocycles. The number of benzene rings is 2. The lowest BCUT2D eigenvalue weighted by atomic mass is 9.96. The van der Waals surface area contributed by atoms with E-state index in [9.17, 15) is 5.11 Å². The topological polar surface area (TPSA) is 54.3 Å². The normalized spacial score (nSPS) is 16.6. The molecule has 2 aromatic carbocycles. The van der Waals surface area contributed by atoms with Gasteiger partial charge in [-0.3, -0.25) is 5.01 Å². The number of hydrazone groups is 1. The molecular weight excluding hydrogens is 328 g/mol. The molecule has 138 valence electrons. The number of aliphatic hydroxyl groups excluding tert-OH is 1. The van der Waals surface area contributed by atoms with E-state index in [1.807, 2.05) is 23.2 Å². The number of β-amino-alcohol motifs (C(OH)–C–C–N with tert-alkyl or cyclic N) is 1. The summed E-state index contributed by atoms with van der Waals surface area (Å²) in [5.41, 5.74) is 5.69. The van der Waals surface area contributed by atoms with Crippen LogP contribution in [0.3, 0.4) is 0 Å². The molecule has 1 N–H and O–H groups in total. The monoisotopic (exact) mass is 354 g/mol. The van der Waals surface area contributed by atoms with Gasteiger partial charge in [0.1, 0.15) is 0 Å². The highest BCUT2D eigenvalue weighted by atomic mass is 16.5. The van der Waals surface area contributed by atoms with Gasteiger partial charge in [-0.05, 0) is 42.7 Å². The first kappa shape index (κ1) is 18.3. The van der Waals surface area contributed by atoms with Crippen molar-refractivity contribution in [1.82, 2.24) is 5.01 Å². The van der Waals surface area contributed by atoms with Crippen LogP contribution >= 0.6 is 0 Å². The van der Waals surface area contributed by atoms with Crippen LogP contribution in [0.15, 0.2) is 41.5 Å². The standard InChI is InChI=1S/C21H26N2O3/c1-14-8-9-16(12-15(14)2)18-13-19(23(22-18)10-11-24)17-6-5-7-20(25-3)21(17)26-4/h5-9,12,19,24H,10-11,13H2,1-4H3. The quantitative estimate of drug-likeness (QED) is 0.863. The van der Waals surface area contributed by atoms with E-state index < -0.39 is 0 Å². The number of hydrogen-bond donors (Lipinski definition) is 1. The van der Waals surface area contributed by atoms with Crippen molar-refractivity contribution in [1.29, 1.82) is 0 Å². The molecule has 0 fully saturated rings. The molecule has 0 saturated heterocycles.